The van der Waals surface area contributed by atoms with Gasteiger partial charge < -0.3 is 11.1 Å². The van der Waals surface area contributed by atoms with E-state index in [1.165, 1.54) is 32.1 Å². The van der Waals surface area contributed by atoms with Crippen molar-refractivity contribution in [2.45, 2.75) is 84.7 Å². The molecule has 0 aromatic rings. The smallest absolute Gasteiger partial charge is 0.0283 e. The van der Waals surface area contributed by atoms with Crippen LogP contribution < -0.4 is 11.1 Å². The Labute approximate surface area is 114 Å². The summed E-state index contributed by atoms with van der Waals surface area (Å²) in [5.74, 6) is 0.788. The Hall–Kier alpha value is -0.0800. The highest BCUT2D eigenvalue weighted by Crippen LogP contribution is 2.31. The molecule has 0 saturated heterocycles. The fourth-order valence-corrected chi connectivity index (χ4v) is 3.66. The van der Waals surface area contributed by atoms with Crippen molar-refractivity contribution < 1.29 is 0 Å². The summed E-state index contributed by atoms with van der Waals surface area (Å²) < 4.78 is 0. The van der Waals surface area contributed by atoms with Crippen molar-refractivity contribution in [2.75, 3.05) is 6.54 Å². The van der Waals surface area contributed by atoms with Crippen molar-refractivity contribution >= 4 is 0 Å². The van der Waals surface area contributed by atoms with Crippen molar-refractivity contribution in [3.05, 3.63) is 0 Å². The van der Waals surface area contributed by atoms with E-state index in [-0.39, 0.29) is 11.1 Å². The molecule has 1 aliphatic rings. The lowest BCUT2D eigenvalue weighted by atomic mass is 9.76. The molecule has 1 fully saturated rings. The second kappa shape index (κ2) is 5.50. The second-order valence-electron chi connectivity index (χ2n) is 8.54. The summed E-state index contributed by atoms with van der Waals surface area (Å²) in [7, 11) is 0. The molecule has 1 aliphatic carbocycles. The Morgan fingerprint density at radius 3 is 2.33 bits per heavy atom. The van der Waals surface area contributed by atoms with Gasteiger partial charge in [-0.05, 0) is 44.4 Å². The molecule has 0 aliphatic heterocycles. The van der Waals surface area contributed by atoms with Crippen LogP contribution in [0.4, 0.5) is 0 Å². The largest absolute Gasteiger partial charge is 0.324 e. The molecule has 3 N–H and O–H groups in total. The van der Waals surface area contributed by atoms with Crippen molar-refractivity contribution in [3.8, 4) is 0 Å². The summed E-state index contributed by atoms with van der Waals surface area (Å²) in [6.45, 7) is 14.8. The van der Waals surface area contributed by atoms with Gasteiger partial charge in [-0.1, -0.05) is 40.5 Å². The molecule has 0 heterocycles. The molecule has 18 heavy (non-hydrogen) atoms. The summed E-state index contributed by atoms with van der Waals surface area (Å²) in [6.07, 6.45) is 6.16. The van der Waals surface area contributed by atoms with Crippen molar-refractivity contribution in [3.63, 3.8) is 0 Å². The summed E-state index contributed by atoms with van der Waals surface area (Å²) >= 11 is 0. The Bertz CT molecular complexity index is 265. The molecule has 0 aromatic carbocycles. The van der Waals surface area contributed by atoms with Crippen molar-refractivity contribution in [1.82, 2.24) is 5.32 Å². The summed E-state index contributed by atoms with van der Waals surface area (Å²) in [5.41, 5.74) is 7.11. The zero-order valence-corrected chi connectivity index (χ0v) is 13.4. The summed E-state index contributed by atoms with van der Waals surface area (Å²) in [4.78, 5) is 0. The van der Waals surface area contributed by atoms with Gasteiger partial charge in [-0.25, -0.2) is 0 Å². The first kappa shape index (κ1) is 16.0. The van der Waals surface area contributed by atoms with Gasteiger partial charge in [0.05, 0.1) is 0 Å². The zero-order valence-electron chi connectivity index (χ0n) is 13.4. The van der Waals surface area contributed by atoms with Gasteiger partial charge in [-0.3, -0.25) is 0 Å². The van der Waals surface area contributed by atoms with Crippen LogP contribution in [0.25, 0.3) is 0 Å². The van der Waals surface area contributed by atoms with E-state index in [1.807, 2.05) is 0 Å². The van der Waals surface area contributed by atoms with Crippen LogP contribution in [0.2, 0.25) is 0 Å². The van der Waals surface area contributed by atoms with Crippen molar-refractivity contribution in [1.29, 1.82) is 0 Å². The summed E-state index contributed by atoms with van der Waals surface area (Å²) in [5, 5.41) is 3.72. The second-order valence-corrected chi connectivity index (χ2v) is 8.54. The third-order valence-electron chi connectivity index (χ3n) is 4.02. The van der Waals surface area contributed by atoms with E-state index in [4.69, 9.17) is 5.73 Å². The molecule has 2 nitrogen and oxygen atoms in total. The zero-order chi connectivity index (χ0) is 14.0. The first-order chi connectivity index (χ1) is 8.02. The van der Waals surface area contributed by atoms with Gasteiger partial charge in [0.25, 0.3) is 0 Å². The van der Waals surface area contributed by atoms with Crippen LogP contribution in [0.3, 0.4) is 0 Å². The van der Waals surface area contributed by atoms with Gasteiger partial charge in [-0.15, -0.1) is 0 Å². The summed E-state index contributed by atoms with van der Waals surface area (Å²) in [6, 6.07) is 0. The number of hydrogen-bond donors (Lipinski definition) is 2. The minimum absolute atomic E-state index is 0.0207. The van der Waals surface area contributed by atoms with Gasteiger partial charge in [0.2, 0.25) is 0 Å². The first-order valence-electron chi connectivity index (χ1n) is 7.55. The molecular formula is C16H34N2. The normalized spacial score (nSPS) is 30.5. The van der Waals surface area contributed by atoms with Gasteiger partial charge in [-0.2, -0.15) is 0 Å². The average Bonchev–Trinajstić information content (AvgIpc) is 2.11. The van der Waals surface area contributed by atoms with Crippen LogP contribution in [0, 0.1) is 11.3 Å². The first-order valence-corrected chi connectivity index (χ1v) is 7.55. The maximum Gasteiger partial charge on any atom is 0.0283 e. The molecule has 2 atom stereocenters. The third-order valence-corrected chi connectivity index (χ3v) is 4.02. The van der Waals surface area contributed by atoms with Gasteiger partial charge in [0.15, 0.2) is 0 Å². The molecule has 1 saturated carbocycles. The Balaban J connectivity index is 2.48. The van der Waals surface area contributed by atoms with Crippen LogP contribution in [0.1, 0.15) is 73.6 Å². The van der Waals surface area contributed by atoms with E-state index in [0.29, 0.717) is 5.41 Å². The standard InChI is InChI=1S/C16H34N2/c1-13-8-7-9-16(17,10-13)12-18-15(5,6)11-14(2,3)4/h13,18H,7-12,17H2,1-6H3. The fraction of sp³-hybridized carbons (Fsp3) is 1.00. The van der Waals surface area contributed by atoms with E-state index in [0.717, 1.165) is 12.5 Å². The quantitative estimate of drug-likeness (QED) is 0.803. The lowest BCUT2D eigenvalue weighted by Gasteiger charge is -2.41. The minimum Gasteiger partial charge on any atom is -0.324 e. The lowest BCUT2D eigenvalue weighted by Crippen LogP contribution is -2.56. The fourth-order valence-electron chi connectivity index (χ4n) is 3.66. The highest BCUT2D eigenvalue weighted by molar-refractivity contribution is 4.94. The molecule has 0 radical (unpaired) electrons. The predicted octanol–water partition coefficient (Wildman–Crippen LogP) is 3.70. The predicted molar refractivity (Wildman–Crippen MR) is 80.7 cm³/mol. The lowest BCUT2D eigenvalue weighted by molar-refractivity contribution is 0.185. The highest BCUT2D eigenvalue weighted by atomic mass is 15.0. The van der Waals surface area contributed by atoms with E-state index >= 15 is 0 Å². The van der Waals surface area contributed by atoms with E-state index in [2.05, 4.69) is 46.9 Å². The van der Waals surface area contributed by atoms with E-state index in [1.54, 1.807) is 0 Å². The van der Waals surface area contributed by atoms with Crippen molar-refractivity contribution in [2.24, 2.45) is 17.1 Å². The maximum absolute atomic E-state index is 6.56. The number of hydrogen-bond acceptors (Lipinski definition) is 2. The average molecular weight is 254 g/mol. The third kappa shape index (κ3) is 5.71. The SMILES string of the molecule is CC1CCCC(N)(CNC(C)(C)CC(C)(C)C)C1. The Morgan fingerprint density at radius 2 is 1.83 bits per heavy atom. The Kier molecular flexibility index (Phi) is 4.88. The molecule has 0 amide bonds. The van der Waals surface area contributed by atoms with Crippen LogP contribution in [0.15, 0.2) is 0 Å². The molecule has 2 unspecified atom stereocenters. The monoisotopic (exact) mass is 254 g/mol. The molecule has 108 valence electrons. The van der Waals surface area contributed by atoms with Gasteiger partial charge >= 0.3 is 0 Å². The molecule has 0 aromatic heterocycles. The Morgan fingerprint density at radius 1 is 1.22 bits per heavy atom. The number of nitrogens with one attached hydrogen (secondary N) is 1. The molecular weight excluding hydrogens is 220 g/mol. The maximum atomic E-state index is 6.56. The van der Waals surface area contributed by atoms with Crippen LogP contribution in [-0.4, -0.2) is 17.6 Å². The van der Waals surface area contributed by atoms with Gasteiger partial charge in [0, 0.05) is 17.6 Å². The number of rotatable bonds is 4. The highest BCUT2D eigenvalue weighted by Gasteiger charge is 2.33. The number of nitrogens with two attached hydrogens (primary N) is 1. The topological polar surface area (TPSA) is 38.0 Å². The molecule has 0 spiro atoms. The van der Waals surface area contributed by atoms with Gasteiger partial charge in [0.1, 0.15) is 0 Å². The minimum atomic E-state index is 0.0207. The van der Waals surface area contributed by atoms with E-state index < -0.39 is 0 Å². The van der Waals surface area contributed by atoms with Crippen LogP contribution in [-0.2, 0) is 0 Å². The van der Waals surface area contributed by atoms with Crippen LogP contribution >= 0.6 is 0 Å². The molecule has 0 bridgehead atoms. The van der Waals surface area contributed by atoms with E-state index in [9.17, 15) is 0 Å². The van der Waals surface area contributed by atoms with Crippen LogP contribution in [0.5, 0.6) is 0 Å². The molecule has 1 rings (SSSR count). The molecule has 2 heteroatoms.